The molecule has 0 atom stereocenters. The average molecular weight is 357 g/mol. The molecule has 0 unspecified atom stereocenters. The van der Waals surface area contributed by atoms with Gasteiger partial charge in [-0.3, -0.25) is 0 Å². The van der Waals surface area contributed by atoms with E-state index in [0.29, 0.717) is 31.0 Å². The summed E-state index contributed by atoms with van der Waals surface area (Å²) in [7, 11) is 0. The van der Waals surface area contributed by atoms with Gasteiger partial charge in [-0.15, -0.1) is 24.8 Å². The quantitative estimate of drug-likeness (QED) is 0.837. The predicted octanol–water partition coefficient (Wildman–Crippen LogP) is 3.21. The first kappa shape index (κ1) is 18.8. The van der Waals surface area contributed by atoms with Gasteiger partial charge in [0.15, 0.2) is 0 Å². The Morgan fingerprint density at radius 1 is 1.19 bits per heavy atom. The van der Waals surface area contributed by atoms with Gasteiger partial charge in [0.2, 0.25) is 0 Å². The zero-order chi connectivity index (χ0) is 13.2. The zero-order valence-corrected chi connectivity index (χ0v) is 14.2. The maximum Gasteiger partial charge on any atom is 0.147 e. The number of pyridine rings is 1. The van der Waals surface area contributed by atoms with Crippen molar-refractivity contribution in [1.29, 1.82) is 0 Å². The molecule has 2 aliphatic heterocycles. The molecule has 1 aromatic heterocycles. The third-order valence-electron chi connectivity index (χ3n) is 3.96. The molecule has 0 aromatic carbocycles. The van der Waals surface area contributed by atoms with Crippen LogP contribution in [0, 0.1) is 0 Å². The van der Waals surface area contributed by atoms with Gasteiger partial charge in [-0.05, 0) is 37.4 Å². The molecule has 1 fully saturated rings. The van der Waals surface area contributed by atoms with Crippen molar-refractivity contribution in [2.45, 2.75) is 31.9 Å². The van der Waals surface area contributed by atoms with Crippen LogP contribution in [-0.2, 0) is 12.8 Å². The fourth-order valence-corrected chi connectivity index (χ4v) is 3.12. The Morgan fingerprint density at radius 2 is 1.86 bits per heavy atom. The van der Waals surface area contributed by atoms with E-state index >= 15 is 0 Å². The second kappa shape index (κ2) is 8.37. The minimum Gasteiger partial charge on any atom is -0.355 e. The Kier molecular flexibility index (Phi) is 7.48. The van der Waals surface area contributed by atoms with Gasteiger partial charge in [0.05, 0.1) is 5.02 Å². The van der Waals surface area contributed by atoms with Crippen molar-refractivity contribution in [1.82, 2.24) is 10.3 Å². The number of hydrogen-bond acceptors (Lipinski definition) is 3. The lowest BCUT2D eigenvalue weighted by Gasteiger charge is -2.30. The van der Waals surface area contributed by atoms with Crippen molar-refractivity contribution < 1.29 is 4.39 Å². The van der Waals surface area contributed by atoms with Gasteiger partial charge >= 0.3 is 0 Å². The number of halogens is 4. The third kappa shape index (κ3) is 4.35. The van der Waals surface area contributed by atoms with Crippen LogP contribution in [0.25, 0.3) is 0 Å². The summed E-state index contributed by atoms with van der Waals surface area (Å²) in [5.41, 5.74) is 2.39. The van der Waals surface area contributed by atoms with E-state index in [4.69, 9.17) is 16.6 Å². The molecule has 3 rings (SSSR count). The van der Waals surface area contributed by atoms with Crippen molar-refractivity contribution in [3.8, 4) is 0 Å². The van der Waals surface area contributed by atoms with E-state index in [1.165, 1.54) is 5.56 Å². The number of hydrogen-bond donors (Lipinski definition) is 1. The Labute approximate surface area is 142 Å². The van der Waals surface area contributed by atoms with Crippen LogP contribution in [0.15, 0.2) is 6.07 Å². The molecule has 3 heterocycles. The molecule has 21 heavy (non-hydrogen) atoms. The number of anilines is 1. The second-order valence-electron chi connectivity index (χ2n) is 5.31. The first-order valence-electron chi connectivity index (χ1n) is 7.02. The Balaban J connectivity index is 0.00000110. The molecule has 0 amide bonds. The van der Waals surface area contributed by atoms with Crippen molar-refractivity contribution in [3.63, 3.8) is 0 Å². The number of nitrogens with one attached hydrogen (secondary N) is 1. The summed E-state index contributed by atoms with van der Waals surface area (Å²) in [4.78, 5) is 6.88. The van der Waals surface area contributed by atoms with Gasteiger partial charge in [0.1, 0.15) is 12.0 Å². The summed E-state index contributed by atoms with van der Waals surface area (Å²) in [5, 5.41) is 4.08. The standard InChI is InChI=1S/C14H19ClFN3.2ClH/c15-12-9-10-1-5-17-6-2-13(10)18-14(12)19-7-3-11(16)4-8-19;;/h9,11,17H,1-8H2;2*1H. The molecule has 3 nitrogen and oxygen atoms in total. The van der Waals surface area contributed by atoms with Crippen LogP contribution in [0.2, 0.25) is 5.02 Å². The fraction of sp³-hybridized carbons (Fsp3) is 0.643. The van der Waals surface area contributed by atoms with Crippen molar-refractivity contribution >= 4 is 42.2 Å². The molecule has 1 N–H and O–H groups in total. The molecule has 120 valence electrons. The number of alkyl halides is 1. The molecule has 0 radical (unpaired) electrons. The number of aromatic nitrogens is 1. The van der Waals surface area contributed by atoms with E-state index in [9.17, 15) is 4.39 Å². The maximum absolute atomic E-state index is 13.2. The van der Waals surface area contributed by atoms with E-state index in [1.807, 2.05) is 6.07 Å². The van der Waals surface area contributed by atoms with Crippen LogP contribution < -0.4 is 10.2 Å². The minimum atomic E-state index is -0.667. The Morgan fingerprint density at radius 3 is 2.57 bits per heavy atom. The zero-order valence-electron chi connectivity index (χ0n) is 11.8. The summed E-state index contributed by atoms with van der Waals surface area (Å²) in [5.74, 6) is 0.842. The van der Waals surface area contributed by atoms with Crippen LogP contribution in [0.4, 0.5) is 10.2 Å². The summed E-state index contributed by atoms with van der Waals surface area (Å²) >= 11 is 6.37. The largest absolute Gasteiger partial charge is 0.355 e. The third-order valence-corrected chi connectivity index (χ3v) is 4.24. The highest BCUT2D eigenvalue weighted by molar-refractivity contribution is 6.33. The number of fused-ring (bicyclic) bond motifs is 1. The molecule has 7 heteroatoms. The SMILES string of the molecule is Cl.Cl.FC1CCN(c2nc3c(cc2Cl)CCNCC3)CC1. The predicted molar refractivity (Wildman–Crippen MR) is 90.4 cm³/mol. The lowest BCUT2D eigenvalue weighted by Crippen LogP contribution is -2.35. The maximum atomic E-state index is 13.2. The Bertz CT molecular complexity index is 465. The van der Waals surface area contributed by atoms with E-state index < -0.39 is 6.17 Å². The number of piperidine rings is 1. The van der Waals surface area contributed by atoms with Crippen LogP contribution in [-0.4, -0.2) is 37.3 Å². The Hall–Kier alpha value is -0.290. The lowest BCUT2D eigenvalue weighted by atomic mass is 10.1. The summed E-state index contributed by atoms with van der Waals surface area (Å²) in [6.45, 7) is 3.38. The molecular formula is C14H21Cl3FN3. The average Bonchev–Trinajstić information content (AvgIpc) is 2.63. The van der Waals surface area contributed by atoms with Gasteiger partial charge < -0.3 is 10.2 Å². The van der Waals surface area contributed by atoms with Crippen LogP contribution in [0.1, 0.15) is 24.1 Å². The van der Waals surface area contributed by atoms with Gasteiger partial charge in [0, 0.05) is 31.7 Å². The van der Waals surface area contributed by atoms with E-state index in [1.54, 1.807) is 0 Å². The van der Waals surface area contributed by atoms with Crippen molar-refractivity contribution in [2.24, 2.45) is 0 Å². The molecule has 1 saturated heterocycles. The van der Waals surface area contributed by atoms with Gasteiger partial charge in [0.25, 0.3) is 0 Å². The van der Waals surface area contributed by atoms with Crippen LogP contribution >= 0.6 is 36.4 Å². The van der Waals surface area contributed by atoms with Gasteiger partial charge in [-0.1, -0.05) is 11.6 Å². The van der Waals surface area contributed by atoms with E-state index in [-0.39, 0.29) is 24.8 Å². The highest BCUT2D eigenvalue weighted by Gasteiger charge is 2.22. The van der Waals surface area contributed by atoms with Gasteiger partial charge in [-0.25, -0.2) is 9.37 Å². The molecule has 0 spiro atoms. The van der Waals surface area contributed by atoms with Crippen molar-refractivity contribution in [3.05, 3.63) is 22.3 Å². The minimum absolute atomic E-state index is 0. The van der Waals surface area contributed by atoms with Gasteiger partial charge in [-0.2, -0.15) is 0 Å². The van der Waals surface area contributed by atoms with Crippen molar-refractivity contribution in [2.75, 3.05) is 31.1 Å². The summed E-state index contributed by atoms with van der Waals surface area (Å²) in [6, 6.07) is 2.05. The van der Waals surface area contributed by atoms with E-state index in [2.05, 4.69) is 10.2 Å². The number of rotatable bonds is 1. The fourth-order valence-electron chi connectivity index (χ4n) is 2.82. The summed E-state index contributed by atoms with van der Waals surface area (Å²) < 4.78 is 13.2. The molecular weight excluding hydrogens is 336 g/mol. The smallest absolute Gasteiger partial charge is 0.147 e. The topological polar surface area (TPSA) is 28.2 Å². The highest BCUT2D eigenvalue weighted by atomic mass is 35.5. The molecule has 2 aliphatic rings. The molecule has 0 bridgehead atoms. The first-order valence-corrected chi connectivity index (χ1v) is 7.40. The highest BCUT2D eigenvalue weighted by Crippen LogP contribution is 2.29. The monoisotopic (exact) mass is 355 g/mol. The number of nitrogens with zero attached hydrogens (tertiary/aromatic N) is 2. The van der Waals surface area contributed by atoms with E-state index in [0.717, 1.165) is 37.4 Å². The van der Waals surface area contributed by atoms with Crippen LogP contribution in [0.5, 0.6) is 0 Å². The molecule has 0 aliphatic carbocycles. The molecule has 0 saturated carbocycles. The lowest BCUT2D eigenvalue weighted by molar-refractivity contribution is 0.276. The first-order chi connectivity index (χ1) is 9.24. The molecule has 1 aromatic rings. The summed E-state index contributed by atoms with van der Waals surface area (Å²) in [6.07, 6.45) is 2.42. The normalized spacial score (nSPS) is 19.0. The second-order valence-corrected chi connectivity index (χ2v) is 5.72. The van der Waals surface area contributed by atoms with Crippen LogP contribution in [0.3, 0.4) is 0 Å².